The number of halogens is 2. The molecule has 0 aromatic heterocycles. The van der Waals surface area contributed by atoms with Crippen LogP contribution in [-0.4, -0.2) is 13.2 Å². The Bertz CT molecular complexity index is 369. The van der Waals surface area contributed by atoms with E-state index in [2.05, 4.69) is 25.4 Å². The lowest BCUT2D eigenvalue weighted by molar-refractivity contribution is 0.496. The molecule has 0 bridgehead atoms. The van der Waals surface area contributed by atoms with Crippen molar-refractivity contribution >= 4 is 11.6 Å². The number of nitrogens with one attached hydrogen (secondary N) is 1. The molecular weight excluding hydrogens is 261 g/mol. The van der Waals surface area contributed by atoms with Crippen LogP contribution >= 0.6 is 11.6 Å². The van der Waals surface area contributed by atoms with Crippen LogP contribution in [0.2, 0.25) is 0 Å². The van der Waals surface area contributed by atoms with Gasteiger partial charge in [0, 0.05) is 13.0 Å². The van der Waals surface area contributed by atoms with Gasteiger partial charge in [0.05, 0.1) is 6.67 Å². The van der Waals surface area contributed by atoms with Gasteiger partial charge in [0.2, 0.25) is 0 Å². The summed E-state index contributed by atoms with van der Waals surface area (Å²) < 4.78 is 12.1. The molecule has 0 spiro atoms. The molecule has 19 heavy (non-hydrogen) atoms. The van der Waals surface area contributed by atoms with Gasteiger partial charge in [-0.1, -0.05) is 55.0 Å². The summed E-state index contributed by atoms with van der Waals surface area (Å²) in [6, 6.07) is 0. The number of allylic oxidation sites excluding steroid dienone is 5. The zero-order valence-electron chi connectivity index (χ0n) is 12.2. The van der Waals surface area contributed by atoms with Crippen molar-refractivity contribution in [2.24, 2.45) is 5.92 Å². The molecule has 0 rings (SSSR count). The Morgan fingerprint density at radius 3 is 2.53 bits per heavy atom. The summed E-state index contributed by atoms with van der Waals surface area (Å²) in [5.74, 6) is 0.301. The smallest absolute Gasteiger partial charge is 0.105 e. The minimum Gasteiger partial charge on any atom is -0.376 e. The first kappa shape index (κ1) is 18.0. The molecule has 0 aromatic rings. The first-order valence-corrected chi connectivity index (χ1v) is 7.00. The van der Waals surface area contributed by atoms with Crippen LogP contribution in [-0.2, 0) is 0 Å². The number of rotatable bonds is 9. The SMILES string of the molecule is C=C(/C=C\C(C)C/C(C(=C)C)=C(\Cl)NCC)CCF. The molecule has 3 heteroatoms. The molecular formula is C16H25ClFN. The minimum absolute atomic E-state index is 0.301. The average Bonchev–Trinajstić information content (AvgIpc) is 2.33. The molecule has 0 saturated carbocycles. The van der Waals surface area contributed by atoms with Gasteiger partial charge in [-0.25, -0.2) is 0 Å². The van der Waals surface area contributed by atoms with Crippen molar-refractivity contribution in [3.05, 3.63) is 47.2 Å². The molecule has 0 aliphatic rings. The van der Waals surface area contributed by atoms with E-state index in [4.69, 9.17) is 11.6 Å². The Hall–Kier alpha value is -1.02. The Labute approximate surface area is 121 Å². The topological polar surface area (TPSA) is 12.0 Å². The zero-order chi connectivity index (χ0) is 14.8. The Morgan fingerprint density at radius 2 is 2.05 bits per heavy atom. The van der Waals surface area contributed by atoms with E-state index in [1.165, 1.54) is 0 Å². The highest BCUT2D eigenvalue weighted by atomic mass is 35.5. The van der Waals surface area contributed by atoms with Gasteiger partial charge in [-0.15, -0.1) is 0 Å². The fourth-order valence-corrected chi connectivity index (χ4v) is 1.98. The molecule has 0 saturated heterocycles. The predicted molar refractivity (Wildman–Crippen MR) is 84.0 cm³/mol. The molecule has 0 aromatic carbocycles. The van der Waals surface area contributed by atoms with Crippen LogP contribution in [0.5, 0.6) is 0 Å². The highest BCUT2D eigenvalue weighted by Crippen LogP contribution is 2.23. The van der Waals surface area contributed by atoms with Crippen LogP contribution in [0.4, 0.5) is 4.39 Å². The fourth-order valence-electron chi connectivity index (χ4n) is 1.61. The Morgan fingerprint density at radius 1 is 1.42 bits per heavy atom. The van der Waals surface area contributed by atoms with E-state index in [0.717, 1.165) is 29.7 Å². The van der Waals surface area contributed by atoms with Crippen molar-refractivity contribution in [3.63, 3.8) is 0 Å². The molecule has 0 aliphatic carbocycles. The monoisotopic (exact) mass is 285 g/mol. The summed E-state index contributed by atoms with van der Waals surface area (Å²) in [5.41, 5.74) is 2.82. The maximum atomic E-state index is 12.1. The van der Waals surface area contributed by atoms with Gasteiger partial charge < -0.3 is 5.32 Å². The summed E-state index contributed by atoms with van der Waals surface area (Å²) in [5, 5.41) is 3.78. The minimum atomic E-state index is -0.360. The van der Waals surface area contributed by atoms with Gasteiger partial charge in [0.15, 0.2) is 0 Å². The number of hydrogen-bond donors (Lipinski definition) is 1. The molecule has 0 amide bonds. The van der Waals surface area contributed by atoms with Crippen LogP contribution < -0.4 is 5.32 Å². The zero-order valence-corrected chi connectivity index (χ0v) is 13.0. The van der Waals surface area contributed by atoms with Gasteiger partial charge in [0.25, 0.3) is 0 Å². The third-order valence-electron chi connectivity index (χ3n) is 2.71. The lowest BCUT2D eigenvalue weighted by Gasteiger charge is -2.14. The first-order chi connectivity index (χ1) is 8.92. The molecule has 1 atom stereocenters. The molecule has 1 N–H and O–H groups in total. The molecule has 1 unspecified atom stereocenters. The second-order valence-corrected chi connectivity index (χ2v) is 5.12. The quantitative estimate of drug-likeness (QED) is 0.458. The second-order valence-electron chi connectivity index (χ2n) is 4.74. The Balaban J connectivity index is 4.66. The van der Waals surface area contributed by atoms with E-state index < -0.39 is 0 Å². The summed E-state index contributed by atoms with van der Waals surface area (Å²) in [6.45, 7) is 14.2. The third-order valence-corrected chi connectivity index (χ3v) is 3.08. The van der Waals surface area contributed by atoms with Crippen LogP contribution in [0.15, 0.2) is 47.2 Å². The van der Waals surface area contributed by atoms with Crippen molar-refractivity contribution in [2.45, 2.75) is 33.6 Å². The van der Waals surface area contributed by atoms with Gasteiger partial charge in [0.1, 0.15) is 5.16 Å². The summed E-state index contributed by atoms with van der Waals surface area (Å²) in [7, 11) is 0. The predicted octanol–water partition coefficient (Wildman–Crippen LogP) is 5.12. The normalized spacial score (nSPS) is 14.2. The average molecular weight is 286 g/mol. The molecule has 1 nitrogen and oxygen atoms in total. The Kier molecular flexibility index (Phi) is 9.32. The van der Waals surface area contributed by atoms with Gasteiger partial charge >= 0.3 is 0 Å². The summed E-state index contributed by atoms with van der Waals surface area (Å²) in [6.07, 6.45) is 5.13. The van der Waals surface area contributed by atoms with E-state index in [-0.39, 0.29) is 6.67 Å². The van der Waals surface area contributed by atoms with Crippen LogP contribution in [0.1, 0.15) is 33.6 Å². The van der Waals surface area contributed by atoms with Crippen molar-refractivity contribution in [3.8, 4) is 0 Å². The van der Waals surface area contributed by atoms with Crippen molar-refractivity contribution in [2.75, 3.05) is 13.2 Å². The lowest BCUT2D eigenvalue weighted by Crippen LogP contribution is -2.11. The highest BCUT2D eigenvalue weighted by molar-refractivity contribution is 6.29. The first-order valence-electron chi connectivity index (χ1n) is 6.62. The molecule has 0 heterocycles. The highest BCUT2D eigenvalue weighted by Gasteiger charge is 2.09. The van der Waals surface area contributed by atoms with Crippen molar-refractivity contribution in [1.82, 2.24) is 5.32 Å². The van der Waals surface area contributed by atoms with Crippen LogP contribution in [0.25, 0.3) is 0 Å². The largest absolute Gasteiger partial charge is 0.376 e. The second kappa shape index (κ2) is 9.85. The lowest BCUT2D eigenvalue weighted by atomic mass is 9.96. The molecule has 0 fully saturated rings. The van der Waals surface area contributed by atoms with E-state index in [1.54, 1.807) is 0 Å². The van der Waals surface area contributed by atoms with Gasteiger partial charge in [-0.3, -0.25) is 4.39 Å². The number of hydrogen-bond acceptors (Lipinski definition) is 1. The van der Waals surface area contributed by atoms with E-state index in [9.17, 15) is 4.39 Å². The fraction of sp³-hybridized carbons (Fsp3) is 0.500. The number of alkyl halides is 1. The summed E-state index contributed by atoms with van der Waals surface area (Å²) in [4.78, 5) is 0. The standard InChI is InChI=1S/C16H25ClFN/c1-6-19-16(17)15(12(2)3)11-14(5)8-7-13(4)9-10-18/h7-8,14,19H,2,4,6,9-11H2,1,3,5H3/b8-7-,16-15-. The van der Waals surface area contributed by atoms with E-state index >= 15 is 0 Å². The van der Waals surface area contributed by atoms with E-state index in [1.807, 2.05) is 26.0 Å². The third kappa shape index (κ3) is 7.89. The van der Waals surface area contributed by atoms with Crippen LogP contribution in [0.3, 0.4) is 0 Å². The molecule has 0 aliphatic heterocycles. The van der Waals surface area contributed by atoms with Gasteiger partial charge in [-0.2, -0.15) is 0 Å². The van der Waals surface area contributed by atoms with Crippen LogP contribution in [0, 0.1) is 5.92 Å². The maximum absolute atomic E-state index is 12.1. The maximum Gasteiger partial charge on any atom is 0.105 e. The molecule has 108 valence electrons. The van der Waals surface area contributed by atoms with Crippen molar-refractivity contribution in [1.29, 1.82) is 0 Å². The molecule has 0 radical (unpaired) electrons. The van der Waals surface area contributed by atoms with Gasteiger partial charge in [-0.05, 0) is 31.8 Å². The van der Waals surface area contributed by atoms with Crippen molar-refractivity contribution < 1.29 is 4.39 Å². The summed E-state index contributed by atoms with van der Waals surface area (Å²) >= 11 is 6.21. The van der Waals surface area contributed by atoms with E-state index in [0.29, 0.717) is 17.5 Å².